The summed E-state index contributed by atoms with van der Waals surface area (Å²) in [6.45, 7) is 6.80. The minimum atomic E-state index is -0.278. The second-order valence-electron chi connectivity index (χ2n) is 5.80. The summed E-state index contributed by atoms with van der Waals surface area (Å²) < 4.78 is 0. The summed E-state index contributed by atoms with van der Waals surface area (Å²) in [5, 5.41) is 3.63. The van der Waals surface area contributed by atoms with Gasteiger partial charge in [-0.3, -0.25) is 4.79 Å². The van der Waals surface area contributed by atoms with Crippen LogP contribution in [0, 0.1) is 0 Å². The Bertz CT molecular complexity index is 470. The van der Waals surface area contributed by atoms with Crippen LogP contribution in [0.25, 0.3) is 0 Å². The molecule has 0 saturated carbocycles. The second kappa shape index (κ2) is 7.71. The molecule has 116 valence electrons. The van der Waals surface area contributed by atoms with Crippen LogP contribution in [0.2, 0.25) is 0 Å². The van der Waals surface area contributed by atoms with Gasteiger partial charge in [-0.15, -0.1) is 11.8 Å². The number of piperidine rings is 1. The number of carbonyl (C=O) groups is 1. The average Bonchev–Trinajstić information content (AvgIpc) is 2.47. The number of hydrogen-bond donors (Lipinski definition) is 2. The lowest BCUT2D eigenvalue weighted by Crippen LogP contribution is -2.42. The van der Waals surface area contributed by atoms with Gasteiger partial charge in [-0.25, -0.2) is 0 Å². The zero-order valence-corrected chi connectivity index (χ0v) is 13.7. The minimum absolute atomic E-state index is 0.278. The van der Waals surface area contributed by atoms with E-state index in [-0.39, 0.29) is 5.91 Å². The molecule has 0 atom stereocenters. The lowest BCUT2D eigenvalue weighted by Gasteiger charge is -2.35. The van der Waals surface area contributed by atoms with Crippen molar-refractivity contribution >= 4 is 23.4 Å². The maximum atomic E-state index is 10.9. The number of primary amides is 1. The summed E-state index contributed by atoms with van der Waals surface area (Å²) in [6.07, 6.45) is 2.32. The Morgan fingerprint density at radius 2 is 2.05 bits per heavy atom. The summed E-state index contributed by atoms with van der Waals surface area (Å²) in [4.78, 5) is 14.6. The smallest absolute Gasteiger partial charge is 0.227 e. The van der Waals surface area contributed by atoms with Crippen molar-refractivity contribution in [2.75, 3.05) is 24.2 Å². The van der Waals surface area contributed by atoms with Crippen LogP contribution >= 0.6 is 11.8 Å². The molecule has 0 unspecified atom stereocenters. The van der Waals surface area contributed by atoms with Crippen molar-refractivity contribution in [1.82, 2.24) is 4.90 Å². The molecule has 0 radical (unpaired) electrons. The van der Waals surface area contributed by atoms with Crippen molar-refractivity contribution in [2.24, 2.45) is 5.73 Å². The molecule has 21 heavy (non-hydrogen) atoms. The number of nitrogens with two attached hydrogens (primary N) is 1. The van der Waals surface area contributed by atoms with Crippen LogP contribution in [-0.4, -0.2) is 41.7 Å². The number of carbonyl (C=O) groups excluding carboxylic acids is 1. The first kappa shape index (κ1) is 16.2. The summed E-state index contributed by atoms with van der Waals surface area (Å²) >= 11 is 1.50. The number of likely N-dealkylation sites (tertiary alicyclic amines) is 1. The molecule has 3 N–H and O–H groups in total. The quantitative estimate of drug-likeness (QED) is 0.793. The van der Waals surface area contributed by atoms with E-state index in [1.54, 1.807) is 0 Å². The number of nitrogens with one attached hydrogen (secondary N) is 1. The normalized spacial score (nSPS) is 17.1. The van der Waals surface area contributed by atoms with Crippen molar-refractivity contribution in [3.63, 3.8) is 0 Å². The predicted octanol–water partition coefficient (Wildman–Crippen LogP) is 2.55. The first-order chi connectivity index (χ1) is 10.1. The average molecular weight is 307 g/mol. The van der Waals surface area contributed by atoms with Crippen LogP contribution in [-0.2, 0) is 4.79 Å². The zero-order valence-electron chi connectivity index (χ0n) is 12.8. The monoisotopic (exact) mass is 307 g/mol. The van der Waals surface area contributed by atoms with E-state index >= 15 is 0 Å². The number of benzene rings is 1. The number of amides is 1. The molecule has 1 fully saturated rings. The fourth-order valence-corrected chi connectivity index (χ4v) is 3.40. The Labute approximate surface area is 131 Å². The van der Waals surface area contributed by atoms with Crippen LogP contribution in [0.15, 0.2) is 29.2 Å². The summed E-state index contributed by atoms with van der Waals surface area (Å²) in [6, 6.07) is 9.28. The van der Waals surface area contributed by atoms with Crippen molar-refractivity contribution in [3.8, 4) is 0 Å². The zero-order chi connectivity index (χ0) is 15.2. The highest BCUT2D eigenvalue weighted by atomic mass is 32.2. The van der Waals surface area contributed by atoms with E-state index < -0.39 is 0 Å². The molecule has 0 bridgehead atoms. The predicted molar refractivity (Wildman–Crippen MR) is 89.7 cm³/mol. The third-order valence-electron chi connectivity index (χ3n) is 3.88. The first-order valence-electron chi connectivity index (χ1n) is 7.57. The molecule has 1 saturated heterocycles. The fourth-order valence-electron chi connectivity index (χ4n) is 2.64. The van der Waals surface area contributed by atoms with Crippen LogP contribution in [0.4, 0.5) is 5.69 Å². The number of nitrogens with zero attached hydrogens (tertiary/aromatic N) is 1. The third kappa shape index (κ3) is 4.93. The van der Waals surface area contributed by atoms with E-state index in [0.29, 0.717) is 17.8 Å². The highest BCUT2D eigenvalue weighted by molar-refractivity contribution is 8.00. The molecular formula is C16H25N3OS. The molecule has 1 aliphatic rings. The third-order valence-corrected chi connectivity index (χ3v) is 4.97. The number of anilines is 1. The van der Waals surface area contributed by atoms with Crippen molar-refractivity contribution in [2.45, 2.75) is 43.7 Å². The Morgan fingerprint density at radius 1 is 1.38 bits per heavy atom. The van der Waals surface area contributed by atoms with Gasteiger partial charge in [0.1, 0.15) is 0 Å². The molecule has 1 amide bonds. The maximum absolute atomic E-state index is 10.9. The molecule has 0 aliphatic carbocycles. The Kier molecular flexibility index (Phi) is 5.94. The van der Waals surface area contributed by atoms with Gasteiger partial charge in [0.25, 0.3) is 0 Å². The Hall–Kier alpha value is -1.20. The topological polar surface area (TPSA) is 58.4 Å². The van der Waals surface area contributed by atoms with Crippen LogP contribution in [0.1, 0.15) is 26.7 Å². The molecule has 2 rings (SSSR count). The van der Waals surface area contributed by atoms with E-state index in [9.17, 15) is 4.79 Å². The SMILES string of the molecule is CC(C)N1CCC(Nc2ccccc2SCC(N)=O)CC1. The highest BCUT2D eigenvalue weighted by Crippen LogP contribution is 2.28. The van der Waals surface area contributed by atoms with Crippen molar-refractivity contribution in [3.05, 3.63) is 24.3 Å². The van der Waals surface area contributed by atoms with Gasteiger partial charge in [-0.05, 0) is 38.8 Å². The lowest BCUT2D eigenvalue weighted by atomic mass is 10.0. The summed E-state index contributed by atoms with van der Waals surface area (Å²) in [7, 11) is 0. The number of para-hydroxylation sites is 1. The molecule has 1 aromatic rings. The largest absolute Gasteiger partial charge is 0.381 e. The Balaban J connectivity index is 1.92. The second-order valence-corrected chi connectivity index (χ2v) is 6.82. The van der Waals surface area contributed by atoms with E-state index in [1.165, 1.54) is 11.8 Å². The molecule has 1 aliphatic heterocycles. The number of thioether (sulfide) groups is 1. The van der Waals surface area contributed by atoms with Gasteiger partial charge in [-0.1, -0.05) is 12.1 Å². The molecule has 0 aromatic heterocycles. The molecule has 4 nitrogen and oxygen atoms in total. The van der Waals surface area contributed by atoms with Crippen LogP contribution < -0.4 is 11.1 Å². The van der Waals surface area contributed by atoms with E-state index in [1.807, 2.05) is 18.2 Å². The van der Waals surface area contributed by atoms with Gasteiger partial charge in [0.15, 0.2) is 0 Å². The number of hydrogen-bond acceptors (Lipinski definition) is 4. The molecule has 5 heteroatoms. The van der Waals surface area contributed by atoms with Crippen molar-refractivity contribution in [1.29, 1.82) is 0 Å². The van der Waals surface area contributed by atoms with Gasteiger partial charge in [-0.2, -0.15) is 0 Å². The van der Waals surface area contributed by atoms with Crippen LogP contribution in [0.5, 0.6) is 0 Å². The van der Waals surface area contributed by atoms with Gasteiger partial charge in [0.05, 0.1) is 5.75 Å². The molecule has 1 heterocycles. The molecular weight excluding hydrogens is 282 g/mol. The van der Waals surface area contributed by atoms with E-state index in [2.05, 4.69) is 30.1 Å². The summed E-state index contributed by atoms with van der Waals surface area (Å²) in [5.74, 6) is 0.0462. The van der Waals surface area contributed by atoms with Crippen LogP contribution in [0.3, 0.4) is 0 Å². The fraction of sp³-hybridized carbons (Fsp3) is 0.562. The van der Waals surface area contributed by atoms with Gasteiger partial charge in [0, 0.05) is 35.8 Å². The van der Waals surface area contributed by atoms with Crippen molar-refractivity contribution < 1.29 is 4.79 Å². The summed E-state index contributed by atoms with van der Waals surface area (Å²) in [5.41, 5.74) is 6.35. The van der Waals surface area contributed by atoms with E-state index in [4.69, 9.17) is 5.73 Å². The van der Waals surface area contributed by atoms with Gasteiger partial charge >= 0.3 is 0 Å². The van der Waals surface area contributed by atoms with Gasteiger partial charge < -0.3 is 16.0 Å². The first-order valence-corrected chi connectivity index (χ1v) is 8.55. The molecule has 0 spiro atoms. The van der Waals surface area contributed by atoms with E-state index in [0.717, 1.165) is 36.5 Å². The maximum Gasteiger partial charge on any atom is 0.227 e. The highest BCUT2D eigenvalue weighted by Gasteiger charge is 2.21. The minimum Gasteiger partial charge on any atom is -0.381 e. The molecule has 1 aromatic carbocycles. The van der Waals surface area contributed by atoms with Gasteiger partial charge in [0.2, 0.25) is 5.91 Å². The standard InChI is InChI=1S/C16H25N3OS/c1-12(2)19-9-7-13(8-10-19)18-14-5-3-4-6-15(14)21-11-16(17)20/h3-6,12-13,18H,7-11H2,1-2H3,(H2,17,20). The lowest BCUT2D eigenvalue weighted by molar-refractivity contribution is -0.115. The Morgan fingerprint density at radius 3 is 2.67 bits per heavy atom. The number of rotatable bonds is 6.